The van der Waals surface area contributed by atoms with Crippen LogP contribution in [0.15, 0.2) is 22.8 Å². The zero-order chi connectivity index (χ0) is 12.9. The van der Waals surface area contributed by atoms with E-state index in [0.29, 0.717) is 19.5 Å². The first kappa shape index (κ1) is 14.4. The Kier molecular flexibility index (Phi) is 5.31. The minimum Gasteiger partial charge on any atom is -0.330 e. The average Bonchev–Trinajstić information content (AvgIpc) is 2.28. The fourth-order valence-electron chi connectivity index (χ4n) is 1.08. The van der Waals surface area contributed by atoms with Crippen molar-refractivity contribution in [1.29, 1.82) is 0 Å². The Hall–Kier alpha value is -0.700. The second-order valence-electron chi connectivity index (χ2n) is 3.43. The van der Waals surface area contributed by atoms with Gasteiger partial charge in [0.05, 0.1) is 0 Å². The third-order valence-electron chi connectivity index (χ3n) is 2.05. The molecule has 0 fully saturated rings. The number of nitrogens with one attached hydrogen (secondary N) is 1. The molecule has 0 unspecified atom stereocenters. The van der Waals surface area contributed by atoms with Crippen LogP contribution in [0.2, 0.25) is 0 Å². The Labute approximate surface area is 110 Å². The maximum absolute atomic E-state index is 11.8. The van der Waals surface area contributed by atoms with Gasteiger partial charge in [-0.3, -0.25) is 4.72 Å². The van der Waals surface area contributed by atoms with Gasteiger partial charge in [0.2, 0.25) is 0 Å². The predicted molar refractivity (Wildman–Crippen MR) is 70.8 cm³/mol. The van der Waals surface area contributed by atoms with Gasteiger partial charge in [0, 0.05) is 24.3 Å². The zero-order valence-electron chi connectivity index (χ0n) is 9.43. The molecular weight excluding hydrogens is 308 g/mol. The Morgan fingerprint density at radius 2 is 2.24 bits per heavy atom. The Morgan fingerprint density at radius 3 is 2.76 bits per heavy atom. The number of halogens is 1. The van der Waals surface area contributed by atoms with Crippen LogP contribution in [0.5, 0.6) is 0 Å². The van der Waals surface area contributed by atoms with Gasteiger partial charge >= 0.3 is 10.2 Å². The number of anilines is 1. The van der Waals surface area contributed by atoms with Crippen LogP contribution >= 0.6 is 15.9 Å². The van der Waals surface area contributed by atoms with Crippen molar-refractivity contribution in [3.63, 3.8) is 0 Å². The molecule has 17 heavy (non-hydrogen) atoms. The van der Waals surface area contributed by atoms with Crippen LogP contribution in [0.25, 0.3) is 0 Å². The van der Waals surface area contributed by atoms with Gasteiger partial charge in [0.25, 0.3) is 0 Å². The molecule has 0 bridgehead atoms. The molecule has 0 saturated carbocycles. The number of aromatic nitrogens is 1. The van der Waals surface area contributed by atoms with Crippen molar-refractivity contribution in [3.05, 3.63) is 22.8 Å². The number of nitrogens with two attached hydrogens (primary N) is 1. The second-order valence-corrected chi connectivity index (χ2v) is 6.13. The van der Waals surface area contributed by atoms with Crippen molar-refractivity contribution in [2.45, 2.75) is 6.42 Å². The fraction of sp³-hybridized carbons (Fsp3) is 0.444. The highest BCUT2D eigenvalue weighted by atomic mass is 79.9. The highest BCUT2D eigenvalue weighted by Gasteiger charge is 2.17. The molecule has 0 atom stereocenters. The summed E-state index contributed by atoms with van der Waals surface area (Å²) in [6.45, 7) is 0.832. The Bertz CT molecular complexity index is 449. The number of hydrogen-bond acceptors (Lipinski definition) is 4. The molecular formula is C9H15BrN4O2S. The molecule has 1 aromatic heterocycles. The molecule has 1 rings (SSSR count). The lowest BCUT2D eigenvalue weighted by Crippen LogP contribution is -2.34. The fourth-order valence-corrected chi connectivity index (χ4v) is 2.23. The van der Waals surface area contributed by atoms with Crippen LogP contribution in [-0.4, -0.2) is 37.8 Å². The summed E-state index contributed by atoms with van der Waals surface area (Å²) in [6.07, 6.45) is 2.14. The first-order valence-electron chi connectivity index (χ1n) is 5.01. The Balaban J connectivity index is 2.69. The smallest absolute Gasteiger partial charge is 0.302 e. The number of nitrogens with zero attached hydrogens (tertiary/aromatic N) is 2. The molecule has 1 heterocycles. The van der Waals surface area contributed by atoms with E-state index in [-0.39, 0.29) is 5.82 Å². The van der Waals surface area contributed by atoms with Crippen molar-refractivity contribution in [1.82, 2.24) is 9.29 Å². The summed E-state index contributed by atoms with van der Waals surface area (Å²) in [7, 11) is -2.05. The molecule has 0 aliphatic rings. The molecule has 0 aromatic carbocycles. The van der Waals surface area contributed by atoms with Gasteiger partial charge in [0.1, 0.15) is 5.82 Å². The van der Waals surface area contributed by atoms with Gasteiger partial charge in [-0.2, -0.15) is 12.7 Å². The number of rotatable bonds is 6. The van der Waals surface area contributed by atoms with Crippen LogP contribution in [0.4, 0.5) is 5.82 Å². The van der Waals surface area contributed by atoms with E-state index in [1.54, 1.807) is 12.1 Å². The van der Waals surface area contributed by atoms with Crippen LogP contribution in [0.1, 0.15) is 6.42 Å². The van der Waals surface area contributed by atoms with Gasteiger partial charge < -0.3 is 5.73 Å². The van der Waals surface area contributed by atoms with Crippen molar-refractivity contribution in [2.24, 2.45) is 5.73 Å². The molecule has 0 saturated heterocycles. The highest BCUT2D eigenvalue weighted by molar-refractivity contribution is 9.10. The summed E-state index contributed by atoms with van der Waals surface area (Å²) in [5.74, 6) is 0.285. The molecule has 6 nitrogen and oxygen atoms in total. The van der Waals surface area contributed by atoms with Gasteiger partial charge in [-0.1, -0.05) is 0 Å². The first-order valence-corrected chi connectivity index (χ1v) is 7.24. The van der Waals surface area contributed by atoms with Crippen LogP contribution < -0.4 is 10.5 Å². The minimum absolute atomic E-state index is 0.285. The topological polar surface area (TPSA) is 88.3 Å². The quantitative estimate of drug-likeness (QED) is 0.810. The first-order chi connectivity index (χ1) is 7.95. The lowest BCUT2D eigenvalue weighted by Gasteiger charge is -2.17. The van der Waals surface area contributed by atoms with Gasteiger partial charge in [-0.25, -0.2) is 4.98 Å². The summed E-state index contributed by atoms with van der Waals surface area (Å²) in [5, 5.41) is 0. The second kappa shape index (κ2) is 6.29. The molecule has 3 N–H and O–H groups in total. The standard InChI is InChI=1S/C9H15BrN4O2S/c1-14(6-2-5-11)17(15,16)13-9-4-3-8(10)7-12-9/h3-4,7H,2,5-6,11H2,1H3,(H,12,13). The molecule has 0 aliphatic heterocycles. The number of pyridine rings is 1. The molecule has 0 spiro atoms. The van der Waals surface area contributed by atoms with E-state index < -0.39 is 10.2 Å². The third kappa shape index (κ3) is 4.58. The lowest BCUT2D eigenvalue weighted by molar-refractivity contribution is 0.468. The van der Waals surface area contributed by atoms with E-state index in [9.17, 15) is 8.42 Å². The molecule has 0 aliphatic carbocycles. The van der Waals surface area contributed by atoms with Crippen LogP contribution in [-0.2, 0) is 10.2 Å². The molecule has 1 aromatic rings. The molecule has 8 heteroatoms. The summed E-state index contributed by atoms with van der Waals surface area (Å²) >= 11 is 3.22. The predicted octanol–water partition coefficient (Wildman–Crippen LogP) is 0.781. The van der Waals surface area contributed by atoms with Crippen molar-refractivity contribution < 1.29 is 8.42 Å². The van der Waals surface area contributed by atoms with E-state index in [2.05, 4.69) is 25.6 Å². The van der Waals surface area contributed by atoms with E-state index in [0.717, 1.165) is 4.47 Å². The lowest BCUT2D eigenvalue weighted by atomic mass is 10.4. The molecule has 0 radical (unpaired) electrons. The monoisotopic (exact) mass is 322 g/mol. The molecule has 96 valence electrons. The van der Waals surface area contributed by atoms with Gasteiger partial charge in [0.15, 0.2) is 0 Å². The minimum atomic E-state index is -3.55. The summed E-state index contributed by atoms with van der Waals surface area (Å²) < 4.78 is 28.0. The Morgan fingerprint density at radius 1 is 1.53 bits per heavy atom. The summed E-state index contributed by atoms with van der Waals surface area (Å²) in [4.78, 5) is 3.94. The molecule has 0 amide bonds. The van der Waals surface area contributed by atoms with E-state index in [1.807, 2.05) is 0 Å². The zero-order valence-corrected chi connectivity index (χ0v) is 11.8. The van der Waals surface area contributed by atoms with E-state index in [1.165, 1.54) is 17.5 Å². The third-order valence-corrected chi connectivity index (χ3v) is 3.99. The van der Waals surface area contributed by atoms with Crippen LogP contribution in [0, 0.1) is 0 Å². The average molecular weight is 323 g/mol. The van der Waals surface area contributed by atoms with Gasteiger partial charge in [-0.05, 0) is 41.0 Å². The summed E-state index contributed by atoms with van der Waals surface area (Å²) in [6, 6.07) is 3.29. The van der Waals surface area contributed by atoms with E-state index >= 15 is 0 Å². The van der Waals surface area contributed by atoms with Crippen LogP contribution in [0.3, 0.4) is 0 Å². The normalized spacial score (nSPS) is 11.8. The van der Waals surface area contributed by atoms with Crippen molar-refractivity contribution >= 4 is 32.0 Å². The maximum atomic E-state index is 11.8. The van der Waals surface area contributed by atoms with E-state index in [4.69, 9.17) is 5.73 Å². The largest absolute Gasteiger partial charge is 0.330 e. The van der Waals surface area contributed by atoms with Gasteiger partial charge in [-0.15, -0.1) is 0 Å². The highest BCUT2D eigenvalue weighted by Crippen LogP contribution is 2.12. The SMILES string of the molecule is CN(CCCN)S(=O)(=O)Nc1ccc(Br)cn1. The number of hydrogen-bond donors (Lipinski definition) is 2. The van der Waals surface area contributed by atoms with Crippen molar-refractivity contribution in [3.8, 4) is 0 Å². The summed E-state index contributed by atoms with van der Waals surface area (Å²) in [5.41, 5.74) is 5.33. The van der Waals surface area contributed by atoms with Crippen molar-refractivity contribution in [2.75, 3.05) is 24.9 Å². The maximum Gasteiger partial charge on any atom is 0.302 e.